The lowest BCUT2D eigenvalue weighted by Crippen LogP contribution is -2.23. The molecule has 0 radical (unpaired) electrons. The number of hydrogen-bond donors (Lipinski definition) is 1. The average molecular weight is 471 g/mol. The summed E-state index contributed by atoms with van der Waals surface area (Å²) in [5.41, 5.74) is 5.75. The molecule has 3 aromatic rings. The van der Waals surface area contributed by atoms with E-state index in [9.17, 15) is 13.2 Å². The Morgan fingerprint density at radius 1 is 0.966 bits per heavy atom. The van der Waals surface area contributed by atoms with E-state index in [-0.39, 0.29) is 16.4 Å². The maximum atomic E-state index is 12.8. The van der Waals surface area contributed by atoms with Crippen molar-refractivity contribution in [3.63, 3.8) is 0 Å². The molecular formula is C22H19BrN2O3S. The number of nitrogens with zero attached hydrogens (tertiary/aromatic N) is 1. The summed E-state index contributed by atoms with van der Waals surface area (Å²) in [5, 5.41) is 2.88. The molecule has 29 heavy (non-hydrogen) atoms. The highest BCUT2D eigenvalue weighted by Gasteiger charge is 2.23. The maximum absolute atomic E-state index is 12.8. The molecule has 0 aromatic heterocycles. The van der Waals surface area contributed by atoms with Crippen molar-refractivity contribution in [2.75, 3.05) is 19.4 Å². The number of carbonyl (C=O) groups is 1. The molecular weight excluding hydrogens is 452 g/mol. The summed E-state index contributed by atoms with van der Waals surface area (Å²) in [4.78, 5) is 12.8. The number of carbonyl (C=O) groups excluding carboxylic acids is 1. The van der Waals surface area contributed by atoms with Gasteiger partial charge in [-0.2, -0.15) is 0 Å². The van der Waals surface area contributed by atoms with Gasteiger partial charge in [0.25, 0.3) is 5.91 Å². The van der Waals surface area contributed by atoms with Crippen molar-refractivity contribution in [3.05, 3.63) is 81.8 Å². The number of sulfonamides is 1. The van der Waals surface area contributed by atoms with Crippen molar-refractivity contribution in [2.45, 2.75) is 11.3 Å². The fourth-order valence-corrected chi connectivity index (χ4v) is 5.29. The van der Waals surface area contributed by atoms with Crippen molar-refractivity contribution in [2.24, 2.45) is 0 Å². The van der Waals surface area contributed by atoms with Gasteiger partial charge in [-0.25, -0.2) is 12.7 Å². The van der Waals surface area contributed by atoms with Crippen LogP contribution in [0.5, 0.6) is 0 Å². The van der Waals surface area contributed by atoms with E-state index >= 15 is 0 Å². The third-order valence-electron chi connectivity index (χ3n) is 5.01. The van der Waals surface area contributed by atoms with Gasteiger partial charge in [-0.05, 0) is 74.9 Å². The van der Waals surface area contributed by atoms with Crippen molar-refractivity contribution >= 4 is 37.5 Å². The predicted molar refractivity (Wildman–Crippen MR) is 118 cm³/mol. The zero-order valence-electron chi connectivity index (χ0n) is 15.9. The summed E-state index contributed by atoms with van der Waals surface area (Å²) in [6.45, 7) is 0. The van der Waals surface area contributed by atoms with E-state index in [1.807, 2.05) is 30.3 Å². The molecule has 0 saturated heterocycles. The molecule has 4 rings (SSSR count). The van der Waals surface area contributed by atoms with Crippen LogP contribution in [0.3, 0.4) is 0 Å². The first-order chi connectivity index (χ1) is 13.8. The first kappa shape index (κ1) is 19.8. The van der Waals surface area contributed by atoms with Gasteiger partial charge in [-0.1, -0.05) is 30.3 Å². The number of rotatable bonds is 4. The van der Waals surface area contributed by atoms with E-state index in [4.69, 9.17) is 0 Å². The highest BCUT2D eigenvalue weighted by atomic mass is 79.9. The van der Waals surface area contributed by atoms with E-state index < -0.39 is 10.0 Å². The Morgan fingerprint density at radius 3 is 2.45 bits per heavy atom. The van der Waals surface area contributed by atoms with Crippen LogP contribution < -0.4 is 5.32 Å². The smallest absolute Gasteiger partial charge is 0.255 e. The Bertz CT molecular complexity index is 1240. The summed E-state index contributed by atoms with van der Waals surface area (Å²) in [7, 11) is -0.761. The van der Waals surface area contributed by atoms with Gasteiger partial charge in [0.15, 0.2) is 0 Å². The normalized spacial score (nSPS) is 12.6. The largest absolute Gasteiger partial charge is 0.322 e. The zero-order chi connectivity index (χ0) is 20.8. The fourth-order valence-electron chi connectivity index (χ4n) is 3.44. The Kier molecular flexibility index (Phi) is 5.06. The minimum Gasteiger partial charge on any atom is -0.322 e. The summed E-state index contributed by atoms with van der Waals surface area (Å²) in [6.07, 6.45) is 0.887. The molecule has 0 fully saturated rings. The minimum atomic E-state index is -3.67. The first-order valence-electron chi connectivity index (χ1n) is 9.02. The summed E-state index contributed by atoms with van der Waals surface area (Å²) < 4.78 is 26.5. The lowest BCUT2D eigenvalue weighted by molar-refractivity contribution is 0.102. The maximum Gasteiger partial charge on any atom is 0.255 e. The molecule has 148 valence electrons. The number of benzene rings is 3. The molecule has 5 nitrogen and oxygen atoms in total. The molecule has 0 spiro atoms. The highest BCUT2D eigenvalue weighted by molar-refractivity contribution is 9.10. The summed E-state index contributed by atoms with van der Waals surface area (Å²) >= 11 is 3.26. The van der Waals surface area contributed by atoms with Crippen molar-refractivity contribution < 1.29 is 13.2 Å². The second-order valence-corrected chi connectivity index (χ2v) is 10.1. The van der Waals surface area contributed by atoms with E-state index in [1.165, 1.54) is 36.9 Å². The van der Waals surface area contributed by atoms with Crippen LogP contribution in [-0.2, 0) is 16.4 Å². The molecule has 0 unspecified atom stereocenters. The van der Waals surface area contributed by atoms with Gasteiger partial charge in [-0.3, -0.25) is 4.79 Å². The quantitative estimate of drug-likeness (QED) is 0.476. The number of anilines is 1. The Labute approximate surface area is 178 Å². The van der Waals surface area contributed by atoms with Crippen LogP contribution in [-0.4, -0.2) is 32.7 Å². The highest BCUT2D eigenvalue weighted by Crippen LogP contribution is 2.38. The molecule has 3 aromatic carbocycles. The van der Waals surface area contributed by atoms with Gasteiger partial charge in [0.1, 0.15) is 0 Å². The van der Waals surface area contributed by atoms with Gasteiger partial charge in [-0.15, -0.1) is 0 Å². The molecule has 1 amide bonds. The van der Waals surface area contributed by atoms with Gasteiger partial charge in [0, 0.05) is 29.8 Å². The molecule has 1 aliphatic rings. The lowest BCUT2D eigenvalue weighted by atomic mass is 10.1. The topological polar surface area (TPSA) is 66.5 Å². The van der Waals surface area contributed by atoms with Crippen LogP contribution in [0.1, 0.15) is 21.5 Å². The number of amides is 1. The fraction of sp³-hybridized carbons (Fsp3) is 0.136. The number of hydrogen-bond acceptors (Lipinski definition) is 3. The van der Waals surface area contributed by atoms with Gasteiger partial charge in [0.05, 0.1) is 4.90 Å². The molecule has 0 atom stereocenters. The van der Waals surface area contributed by atoms with Gasteiger partial charge >= 0.3 is 0 Å². The molecule has 1 N–H and O–H groups in total. The molecule has 0 saturated carbocycles. The van der Waals surface area contributed by atoms with Crippen molar-refractivity contribution in [3.8, 4) is 11.1 Å². The van der Waals surface area contributed by atoms with E-state index in [0.29, 0.717) is 10.2 Å². The lowest BCUT2D eigenvalue weighted by Gasteiger charge is -2.14. The summed E-state index contributed by atoms with van der Waals surface area (Å²) in [5.74, 6) is -0.362. The van der Waals surface area contributed by atoms with E-state index in [2.05, 4.69) is 33.4 Å². The number of fused-ring (bicyclic) bond motifs is 3. The van der Waals surface area contributed by atoms with Crippen LogP contribution in [0.25, 0.3) is 11.1 Å². The van der Waals surface area contributed by atoms with Crippen LogP contribution in [0, 0.1) is 0 Å². The Morgan fingerprint density at radius 2 is 1.69 bits per heavy atom. The molecule has 0 aliphatic heterocycles. The monoisotopic (exact) mass is 470 g/mol. The van der Waals surface area contributed by atoms with Crippen LogP contribution in [0.4, 0.5) is 5.69 Å². The third-order valence-corrected chi connectivity index (χ3v) is 7.82. The first-order valence-corrected chi connectivity index (χ1v) is 11.3. The molecule has 1 aliphatic carbocycles. The molecule has 0 bridgehead atoms. The van der Waals surface area contributed by atoms with E-state index in [0.717, 1.165) is 16.3 Å². The van der Waals surface area contributed by atoms with Gasteiger partial charge < -0.3 is 5.32 Å². The Balaban J connectivity index is 1.64. The SMILES string of the molecule is CN(C)S(=O)(=O)c1cc(C(=O)Nc2ccc3c(c2)-c2ccccc2C3)ccc1Br. The van der Waals surface area contributed by atoms with Crippen molar-refractivity contribution in [1.82, 2.24) is 4.31 Å². The minimum absolute atomic E-state index is 0.0537. The number of nitrogens with one attached hydrogen (secondary N) is 1. The van der Waals surface area contributed by atoms with Crippen molar-refractivity contribution in [1.29, 1.82) is 0 Å². The van der Waals surface area contributed by atoms with Crippen LogP contribution >= 0.6 is 15.9 Å². The van der Waals surface area contributed by atoms with Crippen LogP contribution in [0.2, 0.25) is 0 Å². The number of halogens is 1. The Hall–Kier alpha value is -2.48. The van der Waals surface area contributed by atoms with Crippen LogP contribution in [0.15, 0.2) is 70.0 Å². The second kappa shape index (κ2) is 7.40. The molecule has 0 heterocycles. The summed E-state index contributed by atoms with van der Waals surface area (Å²) in [6, 6.07) is 18.7. The average Bonchev–Trinajstić information content (AvgIpc) is 3.06. The molecule has 7 heteroatoms. The zero-order valence-corrected chi connectivity index (χ0v) is 18.3. The van der Waals surface area contributed by atoms with Gasteiger partial charge in [0.2, 0.25) is 10.0 Å². The second-order valence-electron chi connectivity index (χ2n) is 7.09. The predicted octanol–water partition coefficient (Wildman–Crippen LogP) is 4.52. The third kappa shape index (κ3) is 3.61. The van der Waals surface area contributed by atoms with E-state index in [1.54, 1.807) is 12.1 Å². The standard InChI is InChI=1S/C22H19BrN2O3S/c1-25(2)29(27,28)21-12-16(8-10-20(21)23)22(26)24-17-9-7-15-11-14-5-3-4-6-18(14)19(15)13-17/h3-10,12-13H,11H2,1-2H3,(H,24,26).